The quantitative estimate of drug-likeness (QED) is 0.746. The van der Waals surface area contributed by atoms with Crippen LogP contribution in [0.5, 0.6) is 5.75 Å². The van der Waals surface area contributed by atoms with E-state index >= 15 is 0 Å². The molecule has 27 heavy (non-hydrogen) atoms. The van der Waals surface area contributed by atoms with Crippen molar-refractivity contribution in [2.24, 2.45) is 0 Å². The maximum absolute atomic E-state index is 13.1. The van der Waals surface area contributed by atoms with E-state index in [1.165, 1.54) is 12.1 Å². The van der Waals surface area contributed by atoms with Crippen LogP contribution in [0.1, 0.15) is 24.1 Å². The second-order valence-corrected chi connectivity index (χ2v) is 6.84. The lowest BCUT2D eigenvalue weighted by atomic mass is 10.1. The number of halogens is 1. The van der Waals surface area contributed by atoms with Gasteiger partial charge < -0.3 is 20.3 Å². The van der Waals surface area contributed by atoms with Gasteiger partial charge in [-0.25, -0.2) is 9.18 Å². The molecule has 0 heterocycles. The van der Waals surface area contributed by atoms with Gasteiger partial charge in [0.05, 0.1) is 13.2 Å². The summed E-state index contributed by atoms with van der Waals surface area (Å²) < 4.78 is 18.4. The number of benzene rings is 2. The van der Waals surface area contributed by atoms with Crippen LogP contribution in [0, 0.1) is 5.82 Å². The van der Waals surface area contributed by atoms with Crippen LogP contribution < -0.4 is 15.4 Å². The van der Waals surface area contributed by atoms with Crippen LogP contribution in [0.25, 0.3) is 0 Å². The van der Waals surface area contributed by atoms with Gasteiger partial charge in [0.2, 0.25) is 0 Å². The molecule has 2 atom stereocenters. The lowest BCUT2D eigenvalue weighted by molar-refractivity contribution is 0.230. The van der Waals surface area contributed by atoms with Gasteiger partial charge in [-0.05, 0) is 62.8 Å². The monoisotopic (exact) mass is 373 g/mol. The lowest BCUT2D eigenvalue weighted by Crippen LogP contribution is -2.44. The van der Waals surface area contributed by atoms with Crippen molar-refractivity contribution in [1.29, 1.82) is 0 Å². The SMILES string of the molecule is COc1cccc(CC(C)NC(=O)NCC(c2ccc(F)cc2)N(C)C)c1. The molecule has 0 aliphatic carbocycles. The average Bonchev–Trinajstić information content (AvgIpc) is 2.63. The van der Waals surface area contributed by atoms with E-state index in [9.17, 15) is 9.18 Å². The maximum Gasteiger partial charge on any atom is 0.315 e. The zero-order valence-electron chi connectivity index (χ0n) is 16.3. The van der Waals surface area contributed by atoms with Gasteiger partial charge in [-0.1, -0.05) is 24.3 Å². The highest BCUT2D eigenvalue weighted by Gasteiger charge is 2.16. The summed E-state index contributed by atoms with van der Waals surface area (Å²) in [4.78, 5) is 14.2. The third kappa shape index (κ3) is 6.57. The Morgan fingerprint density at radius 2 is 1.89 bits per heavy atom. The zero-order valence-corrected chi connectivity index (χ0v) is 16.3. The van der Waals surface area contributed by atoms with Crippen LogP contribution in [0.3, 0.4) is 0 Å². The van der Waals surface area contributed by atoms with Gasteiger partial charge in [-0.2, -0.15) is 0 Å². The Morgan fingerprint density at radius 1 is 1.19 bits per heavy atom. The van der Waals surface area contributed by atoms with Crippen molar-refractivity contribution < 1.29 is 13.9 Å². The molecule has 2 N–H and O–H groups in total. The van der Waals surface area contributed by atoms with Crippen LogP contribution >= 0.6 is 0 Å². The number of nitrogens with zero attached hydrogens (tertiary/aromatic N) is 1. The number of urea groups is 1. The molecule has 0 saturated carbocycles. The van der Waals surface area contributed by atoms with Gasteiger partial charge in [-0.15, -0.1) is 0 Å². The van der Waals surface area contributed by atoms with Crippen molar-refractivity contribution in [3.8, 4) is 5.75 Å². The van der Waals surface area contributed by atoms with E-state index in [2.05, 4.69) is 10.6 Å². The highest BCUT2D eigenvalue weighted by atomic mass is 19.1. The van der Waals surface area contributed by atoms with Gasteiger partial charge in [0.1, 0.15) is 11.6 Å². The molecule has 0 bridgehead atoms. The predicted octanol–water partition coefficient (Wildman–Crippen LogP) is 3.37. The minimum absolute atomic E-state index is 0.0271. The molecule has 0 saturated heterocycles. The molecule has 2 amide bonds. The number of rotatable bonds is 8. The van der Waals surface area contributed by atoms with Gasteiger partial charge in [-0.3, -0.25) is 0 Å². The third-order valence-corrected chi connectivity index (χ3v) is 4.39. The largest absolute Gasteiger partial charge is 0.497 e. The Kier molecular flexibility index (Phi) is 7.61. The number of hydrogen-bond acceptors (Lipinski definition) is 3. The molecule has 2 aromatic carbocycles. The van der Waals surface area contributed by atoms with Gasteiger partial charge in [0.15, 0.2) is 0 Å². The average molecular weight is 373 g/mol. The Labute approximate surface area is 160 Å². The van der Waals surface area contributed by atoms with Gasteiger partial charge >= 0.3 is 6.03 Å². The number of likely N-dealkylation sites (N-methyl/N-ethyl adjacent to an activating group) is 1. The van der Waals surface area contributed by atoms with Crippen LogP contribution in [0.2, 0.25) is 0 Å². The maximum atomic E-state index is 13.1. The number of carbonyl (C=O) groups is 1. The summed E-state index contributed by atoms with van der Waals surface area (Å²) in [6, 6.07) is 13.9. The molecule has 2 rings (SSSR count). The van der Waals surface area contributed by atoms with E-state index in [0.29, 0.717) is 13.0 Å². The molecule has 0 aromatic heterocycles. The Balaban J connectivity index is 1.86. The number of methoxy groups -OCH3 is 1. The van der Waals surface area contributed by atoms with E-state index < -0.39 is 0 Å². The predicted molar refractivity (Wildman–Crippen MR) is 106 cm³/mol. The van der Waals surface area contributed by atoms with Crippen molar-refractivity contribution in [2.45, 2.75) is 25.4 Å². The number of amides is 2. The van der Waals surface area contributed by atoms with E-state index in [1.54, 1.807) is 19.2 Å². The fraction of sp³-hybridized carbons (Fsp3) is 0.381. The smallest absolute Gasteiger partial charge is 0.315 e. The Hall–Kier alpha value is -2.60. The minimum Gasteiger partial charge on any atom is -0.497 e. The van der Waals surface area contributed by atoms with Crippen LogP contribution in [0.4, 0.5) is 9.18 Å². The number of ether oxygens (including phenoxy) is 1. The first-order valence-corrected chi connectivity index (χ1v) is 8.98. The summed E-state index contributed by atoms with van der Waals surface area (Å²) in [5, 5.41) is 5.86. The van der Waals surface area contributed by atoms with Gasteiger partial charge in [0.25, 0.3) is 0 Å². The first-order chi connectivity index (χ1) is 12.9. The fourth-order valence-electron chi connectivity index (χ4n) is 2.95. The normalized spacial score (nSPS) is 13.1. The van der Waals surface area contributed by atoms with E-state index in [4.69, 9.17) is 4.74 Å². The topological polar surface area (TPSA) is 53.6 Å². The summed E-state index contributed by atoms with van der Waals surface area (Å²) in [5.41, 5.74) is 2.05. The zero-order chi connectivity index (χ0) is 19.8. The van der Waals surface area contributed by atoms with Crippen LogP contribution in [-0.2, 0) is 6.42 Å². The molecule has 0 fully saturated rings. The van der Waals surface area contributed by atoms with E-state index in [-0.39, 0.29) is 23.9 Å². The van der Waals surface area contributed by atoms with E-state index in [1.807, 2.05) is 50.2 Å². The number of nitrogens with one attached hydrogen (secondary N) is 2. The molecule has 0 aliphatic rings. The molecule has 0 spiro atoms. The Morgan fingerprint density at radius 3 is 2.52 bits per heavy atom. The molecular formula is C21H28FN3O2. The molecule has 2 aromatic rings. The molecular weight excluding hydrogens is 345 g/mol. The lowest BCUT2D eigenvalue weighted by Gasteiger charge is -2.25. The summed E-state index contributed by atoms with van der Waals surface area (Å²) in [7, 11) is 5.49. The molecule has 146 valence electrons. The number of carbonyl (C=O) groups excluding carboxylic acids is 1. The Bertz CT molecular complexity index is 734. The summed E-state index contributed by atoms with van der Waals surface area (Å²) in [6.07, 6.45) is 0.708. The molecule has 2 unspecified atom stereocenters. The summed E-state index contributed by atoms with van der Waals surface area (Å²) >= 11 is 0. The van der Waals surface area contributed by atoms with Crippen molar-refractivity contribution in [3.05, 3.63) is 65.5 Å². The van der Waals surface area contributed by atoms with Crippen molar-refractivity contribution >= 4 is 6.03 Å². The van der Waals surface area contributed by atoms with Crippen LogP contribution in [-0.4, -0.2) is 44.7 Å². The first-order valence-electron chi connectivity index (χ1n) is 8.98. The summed E-state index contributed by atoms with van der Waals surface area (Å²) in [5.74, 6) is 0.533. The third-order valence-electron chi connectivity index (χ3n) is 4.39. The van der Waals surface area contributed by atoms with Crippen molar-refractivity contribution in [3.63, 3.8) is 0 Å². The summed E-state index contributed by atoms with van der Waals surface area (Å²) in [6.45, 7) is 2.39. The highest BCUT2D eigenvalue weighted by Crippen LogP contribution is 2.18. The standard InChI is InChI=1S/C21H28FN3O2/c1-15(12-16-6-5-7-19(13-16)27-4)24-21(26)23-14-20(25(2)3)17-8-10-18(22)11-9-17/h5-11,13,15,20H,12,14H2,1-4H3,(H2,23,24,26). The number of hydrogen-bond donors (Lipinski definition) is 2. The van der Waals surface area contributed by atoms with Crippen LogP contribution in [0.15, 0.2) is 48.5 Å². The first kappa shape index (κ1) is 20.7. The molecule has 0 radical (unpaired) electrons. The van der Waals surface area contributed by atoms with Crippen molar-refractivity contribution in [1.82, 2.24) is 15.5 Å². The molecule has 6 heteroatoms. The molecule has 5 nitrogen and oxygen atoms in total. The fourth-order valence-corrected chi connectivity index (χ4v) is 2.95. The minimum atomic E-state index is -0.270. The molecule has 0 aliphatic heterocycles. The van der Waals surface area contributed by atoms with Crippen molar-refractivity contribution in [2.75, 3.05) is 27.7 Å². The second kappa shape index (κ2) is 9.92. The van der Waals surface area contributed by atoms with Gasteiger partial charge in [0, 0.05) is 12.6 Å². The second-order valence-electron chi connectivity index (χ2n) is 6.84. The van der Waals surface area contributed by atoms with E-state index in [0.717, 1.165) is 16.9 Å². The highest BCUT2D eigenvalue weighted by molar-refractivity contribution is 5.74.